The Labute approximate surface area is 112 Å². The fraction of sp³-hybridized carbons (Fsp3) is 0.333. The molecule has 0 radical (unpaired) electrons. The van der Waals surface area contributed by atoms with Crippen LogP contribution in [0, 0.1) is 6.92 Å². The minimum absolute atomic E-state index is 0.0326. The minimum Gasteiger partial charge on any atom is -0.349 e. The molecule has 0 aliphatic carbocycles. The van der Waals surface area contributed by atoms with Crippen LogP contribution in [-0.4, -0.2) is 6.04 Å². The lowest BCUT2D eigenvalue weighted by Gasteiger charge is -2.14. The monoisotopic (exact) mass is 259 g/mol. The van der Waals surface area contributed by atoms with Crippen LogP contribution in [0.25, 0.3) is 0 Å². The zero-order chi connectivity index (χ0) is 12.5. The molecule has 3 atom stereocenters. The van der Waals surface area contributed by atoms with Crippen molar-refractivity contribution in [1.29, 1.82) is 0 Å². The second-order valence-electron chi connectivity index (χ2n) is 4.77. The van der Waals surface area contributed by atoms with Crippen LogP contribution in [0.3, 0.4) is 0 Å². The molecular weight excluding hydrogens is 242 g/mol. The number of hydrogen-bond donors (Lipinski definition) is 1. The first-order chi connectivity index (χ1) is 8.75. The van der Waals surface area contributed by atoms with Crippen LogP contribution in [-0.2, 0) is 4.74 Å². The summed E-state index contributed by atoms with van der Waals surface area (Å²) in [5.41, 5.74) is 2.55. The molecule has 1 aromatic heterocycles. The van der Waals surface area contributed by atoms with Gasteiger partial charge in [-0.1, -0.05) is 30.3 Å². The van der Waals surface area contributed by atoms with Crippen LogP contribution in [0.1, 0.15) is 35.3 Å². The van der Waals surface area contributed by atoms with Crippen LogP contribution in [0.15, 0.2) is 41.8 Å². The lowest BCUT2D eigenvalue weighted by molar-refractivity contribution is 0.0381. The molecule has 0 spiro atoms. The molecule has 1 aliphatic rings. The molecule has 0 bridgehead atoms. The molecule has 94 valence electrons. The summed E-state index contributed by atoms with van der Waals surface area (Å²) in [6.07, 6.45) is 0.169. The van der Waals surface area contributed by atoms with E-state index >= 15 is 0 Å². The molecule has 2 aromatic rings. The van der Waals surface area contributed by atoms with Gasteiger partial charge in [0.25, 0.3) is 0 Å². The van der Waals surface area contributed by atoms with Crippen molar-refractivity contribution < 1.29 is 4.74 Å². The Morgan fingerprint density at radius 2 is 1.94 bits per heavy atom. The van der Waals surface area contributed by atoms with Crippen LogP contribution in [0.4, 0.5) is 0 Å². The van der Waals surface area contributed by atoms with E-state index < -0.39 is 0 Å². The van der Waals surface area contributed by atoms with Gasteiger partial charge in [0.1, 0.15) is 12.3 Å². The first-order valence-corrected chi connectivity index (χ1v) is 7.14. The molecule has 1 fully saturated rings. The first kappa shape index (κ1) is 11.9. The molecule has 3 rings (SSSR count). The molecule has 1 aromatic carbocycles. The largest absolute Gasteiger partial charge is 0.349 e. The van der Waals surface area contributed by atoms with Gasteiger partial charge >= 0.3 is 0 Å². The predicted octanol–water partition coefficient (Wildman–Crippen LogP) is 3.80. The van der Waals surface area contributed by atoms with E-state index in [2.05, 4.69) is 54.9 Å². The third-order valence-corrected chi connectivity index (χ3v) is 4.48. The van der Waals surface area contributed by atoms with Crippen molar-refractivity contribution in [3.63, 3.8) is 0 Å². The van der Waals surface area contributed by atoms with Crippen molar-refractivity contribution in [2.75, 3.05) is 0 Å². The summed E-state index contributed by atoms with van der Waals surface area (Å²) < 4.78 is 6.18. The number of ether oxygens (including phenoxy) is 1. The molecule has 0 amide bonds. The Kier molecular flexibility index (Phi) is 3.20. The van der Waals surface area contributed by atoms with Crippen LogP contribution in [0.5, 0.6) is 0 Å². The second kappa shape index (κ2) is 4.84. The highest BCUT2D eigenvalue weighted by atomic mass is 32.1. The summed E-state index contributed by atoms with van der Waals surface area (Å²) in [6.45, 7) is 4.32. The minimum atomic E-state index is 0.0326. The molecule has 1 unspecified atom stereocenters. The van der Waals surface area contributed by atoms with Gasteiger partial charge in [-0.15, -0.1) is 11.3 Å². The fourth-order valence-corrected chi connectivity index (χ4v) is 3.35. The van der Waals surface area contributed by atoms with E-state index in [0.29, 0.717) is 6.04 Å². The molecule has 2 nitrogen and oxygen atoms in total. The number of aryl methyl sites for hydroxylation is 1. The summed E-state index contributed by atoms with van der Waals surface area (Å²) in [5.74, 6) is 0. The number of hydrogen-bond acceptors (Lipinski definition) is 3. The Morgan fingerprint density at radius 1 is 1.17 bits per heavy atom. The van der Waals surface area contributed by atoms with E-state index in [4.69, 9.17) is 4.74 Å². The van der Waals surface area contributed by atoms with Crippen LogP contribution < -0.4 is 5.32 Å². The van der Waals surface area contributed by atoms with Gasteiger partial charge in [-0.05, 0) is 36.4 Å². The van der Waals surface area contributed by atoms with Gasteiger partial charge in [-0.3, -0.25) is 5.32 Å². The second-order valence-corrected chi connectivity index (χ2v) is 5.72. The van der Waals surface area contributed by atoms with E-state index in [1.54, 1.807) is 11.3 Å². The molecular formula is C15H17NOS. The Hall–Kier alpha value is -1.16. The van der Waals surface area contributed by atoms with Gasteiger partial charge in [0.15, 0.2) is 0 Å². The Morgan fingerprint density at radius 3 is 2.61 bits per heavy atom. The van der Waals surface area contributed by atoms with Crippen molar-refractivity contribution in [2.45, 2.75) is 32.2 Å². The maximum Gasteiger partial charge on any atom is 0.145 e. The normalized spacial score (nSPS) is 27.6. The van der Waals surface area contributed by atoms with Gasteiger partial charge in [0, 0.05) is 6.04 Å². The average Bonchev–Trinajstić information content (AvgIpc) is 2.96. The molecule has 18 heavy (non-hydrogen) atoms. The first-order valence-electron chi connectivity index (χ1n) is 6.26. The van der Waals surface area contributed by atoms with Crippen LogP contribution >= 0.6 is 11.3 Å². The van der Waals surface area contributed by atoms with Gasteiger partial charge in [-0.2, -0.15) is 0 Å². The highest BCUT2D eigenvalue weighted by Gasteiger charge is 2.34. The quantitative estimate of drug-likeness (QED) is 0.885. The third-order valence-electron chi connectivity index (χ3n) is 3.42. The lowest BCUT2D eigenvalue weighted by atomic mass is 10.0. The summed E-state index contributed by atoms with van der Waals surface area (Å²) in [4.78, 5) is 1.29. The van der Waals surface area contributed by atoms with E-state index in [9.17, 15) is 0 Å². The number of benzene rings is 1. The standard InChI is InChI=1S/C15H17NOS/c1-10-8-9-18-14(10)15-16-11(2)13(17-15)12-6-4-3-5-7-12/h3-9,11,13,15-16H,1-2H3/t11-,13+,15?/m0/s1. The topological polar surface area (TPSA) is 21.3 Å². The van der Waals surface area contributed by atoms with Crippen molar-refractivity contribution in [3.05, 3.63) is 57.8 Å². The SMILES string of the molecule is Cc1ccsc1C1N[C@@H](C)[C@H](c2ccccc2)O1. The van der Waals surface area contributed by atoms with Crippen molar-refractivity contribution in [3.8, 4) is 0 Å². The van der Waals surface area contributed by atoms with E-state index in [1.807, 2.05) is 6.07 Å². The Balaban J connectivity index is 1.83. The molecule has 1 aliphatic heterocycles. The molecule has 3 heteroatoms. The van der Waals surface area contributed by atoms with E-state index in [1.165, 1.54) is 16.0 Å². The maximum atomic E-state index is 6.18. The maximum absolute atomic E-state index is 6.18. The summed E-state index contributed by atoms with van der Waals surface area (Å²) in [6, 6.07) is 12.9. The average molecular weight is 259 g/mol. The molecule has 2 heterocycles. The summed E-state index contributed by atoms with van der Waals surface area (Å²) in [7, 11) is 0. The highest BCUT2D eigenvalue weighted by Crippen LogP contribution is 2.37. The predicted molar refractivity (Wildman–Crippen MR) is 74.7 cm³/mol. The fourth-order valence-electron chi connectivity index (χ4n) is 2.43. The zero-order valence-electron chi connectivity index (χ0n) is 10.6. The van der Waals surface area contributed by atoms with Gasteiger partial charge in [0.2, 0.25) is 0 Å². The highest BCUT2D eigenvalue weighted by molar-refractivity contribution is 7.10. The molecule has 1 saturated heterocycles. The van der Waals surface area contributed by atoms with E-state index in [-0.39, 0.29) is 12.3 Å². The zero-order valence-corrected chi connectivity index (χ0v) is 11.4. The van der Waals surface area contributed by atoms with Gasteiger partial charge in [0.05, 0.1) is 4.88 Å². The van der Waals surface area contributed by atoms with Gasteiger partial charge < -0.3 is 4.74 Å². The summed E-state index contributed by atoms with van der Waals surface area (Å²) >= 11 is 1.76. The number of rotatable bonds is 2. The Bertz CT molecular complexity index is 522. The number of nitrogens with one attached hydrogen (secondary N) is 1. The van der Waals surface area contributed by atoms with Crippen LogP contribution in [0.2, 0.25) is 0 Å². The van der Waals surface area contributed by atoms with Gasteiger partial charge in [-0.25, -0.2) is 0 Å². The van der Waals surface area contributed by atoms with E-state index in [0.717, 1.165) is 0 Å². The smallest absolute Gasteiger partial charge is 0.145 e. The van der Waals surface area contributed by atoms with Crippen molar-refractivity contribution >= 4 is 11.3 Å². The van der Waals surface area contributed by atoms with Crippen molar-refractivity contribution in [2.24, 2.45) is 0 Å². The summed E-state index contributed by atoms with van der Waals surface area (Å²) in [5, 5.41) is 5.66. The van der Waals surface area contributed by atoms with Crippen molar-refractivity contribution in [1.82, 2.24) is 5.32 Å². The number of thiophene rings is 1. The molecule has 1 N–H and O–H groups in total. The lowest BCUT2D eigenvalue weighted by Crippen LogP contribution is -2.23. The third kappa shape index (κ3) is 2.09. The molecule has 0 saturated carbocycles.